The highest BCUT2D eigenvalue weighted by Crippen LogP contribution is 2.29. The van der Waals surface area contributed by atoms with Gasteiger partial charge in [0.1, 0.15) is 11.3 Å². The van der Waals surface area contributed by atoms with Crippen LogP contribution in [-0.4, -0.2) is 19.1 Å². The number of rotatable bonds is 4. The minimum absolute atomic E-state index is 0.0156. The highest BCUT2D eigenvalue weighted by Gasteiger charge is 2.19. The molecule has 2 aromatic rings. The van der Waals surface area contributed by atoms with Crippen LogP contribution in [0, 0.1) is 0 Å². The number of amides is 1. The number of benzene rings is 1. The highest BCUT2D eigenvalue weighted by molar-refractivity contribution is 5.83. The van der Waals surface area contributed by atoms with Gasteiger partial charge < -0.3 is 14.5 Å². The second-order valence-electron chi connectivity index (χ2n) is 5.10. The number of aryl methyl sites for hydroxylation is 1. The monoisotopic (exact) mass is 287 g/mol. The van der Waals surface area contributed by atoms with Crippen molar-refractivity contribution in [2.75, 3.05) is 13.2 Å². The molecule has 1 aliphatic rings. The van der Waals surface area contributed by atoms with Crippen LogP contribution in [0.5, 0.6) is 5.75 Å². The van der Waals surface area contributed by atoms with E-state index in [9.17, 15) is 9.59 Å². The first-order valence-corrected chi connectivity index (χ1v) is 7.17. The fourth-order valence-electron chi connectivity index (χ4n) is 2.75. The molecule has 1 N–H and O–H groups in total. The van der Waals surface area contributed by atoms with E-state index in [-0.39, 0.29) is 18.1 Å². The van der Waals surface area contributed by atoms with Gasteiger partial charge in [0.05, 0.1) is 0 Å². The van der Waals surface area contributed by atoms with Crippen molar-refractivity contribution in [1.82, 2.24) is 5.32 Å². The molecule has 5 heteroatoms. The molecule has 0 unspecified atom stereocenters. The number of carbonyl (C=O) groups is 1. The van der Waals surface area contributed by atoms with Crippen molar-refractivity contribution >= 4 is 16.9 Å². The minimum Gasteiger partial charge on any atom is -0.484 e. The molecule has 0 saturated heterocycles. The number of hydrogen-bond donors (Lipinski definition) is 1. The minimum atomic E-state index is -0.231. The topological polar surface area (TPSA) is 68.5 Å². The molecule has 0 atom stereocenters. The molecular formula is C16H17NO4. The molecule has 110 valence electrons. The van der Waals surface area contributed by atoms with E-state index in [1.807, 2.05) is 13.0 Å². The average molecular weight is 287 g/mol. The summed E-state index contributed by atoms with van der Waals surface area (Å²) in [6, 6.07) is 5.29. The first kappa shape index (κ1) is 13.7. The number of carbonyl (C=O) groups excluding carboxylic acids is 1. The van der Waals surface area contributed by atoms with Crippen LogP contribution in [0.1, 0.15) is 24.5 Å². The van der Waals surface area contributed by atoms with E-state index in [4.69, 9.17) is 9.15 Å². The maximum Gasteiger partial charge on any atom is 0.339 e. The first-order chi connectivity index (χ1) is 10.2. The molecule has 0 fully saturated rings. The number of fused-ring (bicyclic) bond motifs is 3. The summed E-state index contributed by atoms with van der Waals surface area (Å²) in [7, 11) is 0. The van der Waals surface area contributed by atoms with Gasteiger partial charge in [-0.3, -0.25) is 4.79 Å². The Morgan fingerprint density at radius 3 is 2.95 bits per heavy atom. The molecule has 1 aliphatic carbocycles. The van der Waals surface area contributed by atoms with Crippen molar-refractivity contribution in [3.05, 3.63) is 39.7 Å². The van der Waals surface area contributed by atoms with E-state index in [1.165, 1.54) is 0 Å². The Labute approximate surface area is 121 Å². The van der Waals surface area contributed by atoms with Crippen LogP contribution in [0.25, 0.3) is 11.0 Å². The van der Waals surface area contributed by atoms with E-state index in [2.05, 4.69) is 5.32 Å². The maximum absolute atomic E-state index is 11.8. The maximum atomic E-state index is 11.8. The molecule has 1 amide bonds. The number of nitrogens with one attached hydrogen (secondary N) is 1. The third-order valence-corrected chi connectivity index (χ3v) is 3.69. The Morgan fingerprint density at radius 1 is 1.33 bits per heavy atom. The van der Waals surface area contributed by atoms with Crippen molar-refractivity contribution in [2.45, 2.75) is 26.2 Å². The van der Waals surface area contributed by atoms with Gasteiger partial charge in [0.2, 0.25) is 0 Å². The predicted octanol–water partition coefficient (Wildman–Crippen LogP) is 1.80. The van der Waals surface area contributed by atoms with Crippen LogP contribution in [-0.2, 0) is 17.6 Å². The lowest BCUT2D eigenvalue weighted by Gasteiger charge is -2.08. The van der Waals surface area contributed by atoms with Gasteiger partial charge in [0, 0.05) is 17.5 Å². The lowest BCUT2D eigenvalue weighted by Crippen LogP contribution is -2.28. The summed E-state index contributed by atoms with van der Waals surface area (Å²) in [4.78, 5) is 23.3. The summed E-state index contributed by atoms with van der Waals surface area (Å²) in [5.41, 5.74) is 2.19. The van der Waals surface area contributed by atoms with Gasteiger partial charge in [0.15, 0.2) is 6.61 Å². The molecule has 0 bridgehead atoms. The van der Waals surface area contributed by atoms with Crippen LogP contribution < -0.4 is 15.7 Å². The Kier molecular flexibility index (Phi) is 3.64. The SMILES string of the molecule is CCNC(=O)COc1ccc2oc(=O)c3c(c2c1)CCC3. The van der Waals surface area contributed by atoms with Crippen molar-refractivity contribution in [2.24, 2.45) is 0 Å². The standard InChI is InChI=1S/C16H17NO4/c1-2-17-15(18)9-20-10-6-7-14-13(8-10)11-4-3-5-12(11)16(19)21-14/h6-8H,2-5,9H2,1H3,(H,17,18). The first-order valence-electron chi connectivity index (χ1n) is 7.17. The number of likely N-dealkylation sites (N-methyl/N-ethyl adjacent to an activating group) is 1. The van der Waals surface area contributed by atoms with Crippen LogP contribution in [0.4, 0.5) is 0 Å². The molecule has 1 aromatic heterocycles. The zero-order chi connectivity index (χ0) is 14.8. The Bertz CT molecular complexity index is 748. The van der Waals surface area contributed by atoms with Crippen LogP contribution in [0.2, 0.25) is 0 Å². The van der Waals surface area contributed by atoms with Crippen molar-refractivity contribution in [1.29, 1.82) is 0 Å². The van der Waals surface area contributed by atoms with Crippen LogP contribution in [0.3, 0.4) is 0 Å². The molecule has 0 aliphatic heterocycles. The van der Waals surface area contributed by atoms with E-state index in [1.54, 1.807) is 12.1 Å². The van der Waals surface area contributed by atoms with Gasteiger partial charge in [0.25, 0.3) is 5.91 Å². The van der Waals surface area contributed by atoms with Gasteiger partial charge in [-0.25, -0.2) is 4.79 Å². The van der Waals surface area contributed by atoms with Crippen molar-refractivity contribution in [3.8, 4) is 5.75 Å². The number of ether oxygens (including phenoxy) is 1. The lowest BCUT2D eigenvalue weighted by molar-refractivity contribution is -0.122. The van der Waals surface area contributed by atoms with Gasteiger partial charge >= 0.3 is 5.63 Å². The van der Waals surface area contributed by atoms with Crippen LogP contribution in [0.15, 0.2) is 27.4 Å². The summed E-state index contributed by atoms with van der Waals surface area (Å²) in [6.45, 7) is 2.43. The average Bonchev–Trinajstić information content (AvgIpc) is 2.96. The normalized spacial score (nSPS) is 13.2. The summed E-state index contributed by atoms with van der Waals surface area (Å²) < 4.78 is 10.8. The molecule has 0 spiro atoms. The Hall–Kier alpha value is -2.30. The fourth-order valence-corrected chi connectivity index (χ4v) is 2.75. The summed E-state index contributed by atoms with van der Waals surface area (Å²) in [5.74, 6) is 0.458. The van der Waals surface area contributed by atoms with E-state index < -0.39 is 0 Å². The second-order valence-corrected chi connectivity index (χ2v) is 5.10. The second kappa shape index (κ2) is 5.60. The summed E-state index contributed by atoms with van der Waals surface area (Å²) in [5, 5.41) is 3.59. The molecule has 1 heterocycles. The number of hydrogen-bond acceptors (Lipinski definition) is 4. The molecule has 1 aromatic carbocycles. The quantitative estimate of drug-likeness (QED) is 0.871. The van der Waals surface area contributed by atoms with Gasteiger partial charge in [-0.2, -0.15) is 0 Å². The molecule has 3 rings (SSSR count). The van der Waals surface area contributed by atoms with Gasteiger partial charge in [-0.15, -0.1) is 0 Å². The molecule has 21 heavy (non-hydrogen) atoms. The summed E-state index contributed by atoms with van der Waals surface area (Å²) in [6.07, 6.45) is 2.64. The van der Waals surface area contributed by atoms with Gasteiger partial charge in [-0.1, -0.05) is 0 Å². The van der Waals surface area contributed by atoms with E-state index >= 15 is 0 Å². The smallest absolute Gasteiger partial charge is 0.339 e. The Balaban J connectivity index is 1.91. The van der Waals surface area contributed by atoms with Crippen molar-refractivity contribution in [3.63, 3.8) is 0 Å². The third kappa shape index (κ3) is 2.63. The van der Waals surface area contributed by atoms with Gasteiger partial charge in [-0.05, 0) is 49.9 Å². The van der Waals surface area contributed by atoms with Crippen molar-refractivity contribution < 1.29 is 13.9 Å². The molecule has 5 nitrogen and oxygen atoms in total. The third-order valence-electron chi connectivity index (χ3n) is 3.69. The Morgan fingerprint density at radius 2 is 2.14 bits per heavy atom. The molecule has 0 saturated carbocycles. The predicted molar refractivity (Wildman–Crippen MR) is 78.7 cm³/mol. The largest absolute Gasteiger partial charge is 0.484 e. The zero-order valence-electron chi connectivity index (χ0n) is 11.9. The molecular weight excluding hydrogens is 270 g/mol. The fraction of sp³-hybridized carbons (Fsp3) is 0.375. The zero-order valence-corrected chi connectivity index (χ0v) is 11.9. The van der Waals surface area contributed by atoms with Crippen LogP contribution >= 0.6 is 0 Å². The summed E-state index contributed by atoms with van der Waals surface area (Å²) >= 11 is 0. The van der Waals surface area contributed by atoms with E-state index in [0.717, 1.165) is 35.8 Å². The molecule has 0 radical (unpaired) electrons. The highest BCUT2D eigenvalue weighted by atomic mass is 16.5. The van der Waals surface area contributed by atoms with E-state index in [0.29, 0.717) is 17.9 Å². The lowest BCUT2D eigenvalue weighted by atomic mass is 10.1.